The number of halogens is 1. The number of carbonyl (C=O) groups excluding carboxylic acids is 1. The second kappa shape index (κ2) is 9.56. The molecule has 3 aromatic rings. The molecule has 1 fully saturated rings. The Morgan fingerprint density at radius 1 is 1.24 bits per heavy atom. The van der Waals surface area contributed by atoms with Crippen molar-refractivity contribution < 1.29 is 23.5 Å². The first-order valence-electron chi connectivity index (χ1n) is 11.0. The molecule has 2 aromatic heterocycles. The van der Waals surface area contributed by atoms with E-state index in [1.807, 2.05) is 6.92 Å². The lowest BCUT2D eigenvalue weighted by Crippen LogP contribution is -2.26. The van der Waals surface area contributed by atoms with Gasteiger partial charge in [0.1, 0.15) is 17.6 Å². The number of amides is 1. The molecule has 0 N–H and O–H groups in total. The third kappa shape index (κ3) is 4.60. The summed E-state index contributed by atoms with van der Waals surface area (Å²) in [5.74, 6) is -0.460. The minimum Gasteiger partial charge on any atom is -0.442 e. The van der Waals surface area contributed by atoms with Gasteiger partial charge in [-0.25, -0.2) is 13.9 Å². The normalized spacial score (nSPS) is 19.8. The van der Waals surface area contributed by atoms with Crippen LogP contribution in [-0.2, 0) is 20.9 Å². The highest BCUT2D eigenvalue weighted by molar-refractivity contribution is 5.99. The molecule has 0 saturated carbocycles. The van der Waals surface area contributed by atoms with Crippen LogP contribution in [0.25, 0.3) is 11.1 Å². The van der Waals surface area contributed by atoms with Gasteiger partial charge in [-0.2, -0.15) is 0 Å². The number of hydrogen-bond donors (Lipinski definition) is 0. The van der Waals surface area contributed by atoms with Crippen LogP contribution >= 0.6 is 0 Å². The first-order chi connectivity index (χ1) is 16.6. The summed E-state index contributed by atoms with van der Waals surface area (Å²) in [5, 5.41) is 11.7. The molecule has 0 unspecified atom stereocenters. The highest BCUT2D eigenvalue weighted by atomic mass is 19.1. The monoisotopic (exact) mass is 466 g/mol. The van der Waals surface area contributed by atoms with Crippen LogP contribution in [0.1, 0.15) is 19.0 Å². The van der Waals surface area contributed by atoms with Gasteiger partial charge in [-0.1, -0.05) is 16.4 Å². The van der Waals surface area contributed by atoms with Crippen molar-refractivity contribution in [3.63, 3.8) is 0 Å². The molecule has 176 valence electrons. The van der Waals surface area contributed by atoms with Crippen LogP contribution in [0.5, 0.6) is 0 Å². The Bertz CT molecular complexity index is 1180. The molecule has 10 nitrogen and oxygen atoms in total. The molecule has 34 heavy (non-hydrogen) atoms. The Labute approximate surface area is 194 Å². The molecule has 1 amide bonds. The molecule has 11 heteroatoms. The van der Waals surface area contributed by atoms with Crippen LogP contribution in [0.4, 0.5) is 14.9 Å². The minimum absolute atomic E-state index is 0.116. The SMILES string of the molecule is CCOC[C@@H]1CC(c2ccc(-c3ccc(N4C[C@@H](Cn5ccnn5)OC4=O)cc3F)cn2)=NO1. The first-order valence-corrected chi connectivity index (χ1v) is 11.0. The molecule has 5 rings (SSSR count). The lowest BCUT2D eigenvalue weighted by atomic mass is 10.0. The first kappa shape index (κ1) is 22.0. The Morgan fingerprint density at radius 3 is 2.88 bits per heavy atom. The maximum atomic E-state index is 15.0. The van der Waals surface area contributed by atoms with Crippen LogP contribution in [0.15, 0.2) is 54.1 Å². The van der Waals surface area contributed by atoms with Crippen molar-refractivity contribution in [1.82, 2.24) is 20.0 Å². The van der Waals surface area contributed by atoms with Crippen molar-refractivity contribution >= 4 is 17.5 Å². The lowest BCUT2D eigenvalue weighted by molar-refractivity contribution is 0.00672. The standard InChI is InChI=1S/C23H23FN6O4/c1-2-32-14-17-10-22(27-34-17)21-6-3-15(11-25-21)19-5-4-16(9-20(19)24)30-13-18(33-23(30)31)12-29-8-7-26-28-29/h3-9,11,17-18H,2,10,12-14H2,1H3/t17-,18+/m0/s1. The zero-order valence-electron chi connectivity index (χ0n) is 18.5. The quantitative estimate of drug-likeness (QED) is 0.503. The summed E-state index contributed by atoms with van der Waals surface area (Å²) >= 11 is 0. The maximum absolute atomic E-state index is 15.0. The van der Waals surface area contributed by atoms with E-state index in [1.165, 1.54) is 11.0 Å². The van der Waals surface area contributed by atoms with Gasteiger partial charge in [0.2, 0.25) is 0 Å². The van der Waals surface area contributed by atoms with E-state index in [2.05, 4.69) is 20.5 Å². The van der Waals surface area contributed by atoms with Gasteiger partial charge < -0.3 is 14.3 Å². The van der Waals surface area contributed by atoms with Crippen LogP contribution < -0.4 is 4.90 Å². The Kier molecular flexibility index (Phi) is 6.17. The van der Waals surface area contributed by atoms with E-state index in [9.17, 15) is 4.79 Å². The number of nitrogens with zero attached hydrogens (tertiary/aromatic N) is 6. The average Bonchev–Trinajstić information content (AvgIpc) is 3.60. The average molecular weight is 466 g/mol. The summed E-state index contributed by atoms with van der Waals surface area (Å²) in [6.45, 7) is 3.70. The second-order valence-electron chi connectivity index (χ2n) is 7.97. The van der Waals surface area contributed by atoms with E-state index in [0.717, 1.165) is 5.71 Å². The number of aromatic nitrogens is 4. The molecule has 2 atom stereocenters. The predicted molar refractivity (Wildman–Crippen MR) is 120 cm³/mol. The van der Waals surface area contributed by atoms with Crippen molar-refractivity contribution in [3.8, 4) is 11.1 Å². The van der Waals surface area contributed by atoms with Crippen LogP contribution in [-0.4, -0.2) is 63.7 Å². The zero-order valence-corrected chi connectivity index (χ0v) is 18.5. The summed E-state index contributed by atoms with van der Waals surface area (Å²) in [4.78, 5) is 23.5. The Hall–Kier alpha value is -3.86. The molecule has 0 bridgehead atoms. The zero-order chi connectivity index (χ0) is 23.5. The number of rotatable bonds is 8. The maximum Gasteiger partial charge on any atom is 0.414 e. The summed E-state index contributed by atoms with van der Waals surface area (Å²) in [7, 11) is 0. The molecule has 0 aliphatic carbocycles. The van der Waals surface area contributed by atoms with Crippen molar-refractivity contribution in [2.75, 3.05) is 24.7 Å². The molecular formula is C23H23FN6O4. The summed E-state index contributed by atoms with van der Waals surface area (Å²) in [6.07, 6.45) is 4.42. The number of cyclic esters (lactones) is 1. The van der Waals surface area contributed by atoms with E-state index < -0.39 is 18.0 Å². The Balaban J connectivity index is 1.25. The fraction of sp³-hybridized carbons (Fsp3) is 0.348. The summed E-state index contributed by atoms with van der Waals surface area (Å²) in [6, 6.07) is 8.24. The number of pyridine rings is 1. The highest BCUT2D eigenvalue weighted by Crippen LogP contribution is 2.29. The van der Waals surface area contributed by atoms with E-state index in [1.54, 1.807) is 47.5 Å². The van der Waals surface area contributed by atoms with E-state index in [-0.39, 0.29) is 6.10 Å². The van der Waals surface area contributed by atoms with Gasteiger partial charge in [0.05, 0.1) is 37.3 Å². The Morgan fingerprint density at radius 2 is 2.15 bits per heavy atom. The van der Waals surface area contributed by atoms with Crippen LogP contribution in [0.3, 0.4) is 0 Å². The third-order valence-electron chi connectivity index (χ3n) is 5.61. The van der Waals surface area contributed by atoms with Crippen molar-refractivity contribution in [2.24, 2.45) is 5.16 Å². The van der Waals surface area contributed by atoms with Gasteiger partial charge in [-0.15, -0.1) is 5.10 Å². The summed E-state index contributed by atoms with van der Waals surface area (Å²) < 4.78 is 27.3. The highest BCUT2D eigenvalue weighted by Gasteiger charge is 2.33. The van der Waals surface area contributed by atoms with Crippen molar-refractivity contribution in [1.29, 1.82) is 0 Å². The number of benzene rings is 1. The smallest absolute Gasteiger partial charge is 0.414 e. The third-order valence-corrected chi connectivity index (χ3v) is 5.61. The van der Waals surface area contributed by atoms with Gasteiger partial charge in [0.15, 0.2) is 6.10 Å². The van der Waals surface area contributed by atoms with Gasteiger partial charge >= 0.3 is 6.09 Å². The summed E-state index contributed by atoms with van der Waals surface area (Å²) in [5.41, 5.74) is 2.84. The number of hydrogen-bond acceptors (Lipinski definition) is 8. The predicted octanol–water partition coefficient (Wildman–Crippen LogP) is 3.03. The molecule has 2 aliphatic heterocycles. The van der Waals surface area contributed by atoms with Crippen molar-refractivity contribution in [2.45, 2.75) is 32.1 Å². The second-order valence-corrected chi connectivity index (χ2v) is 7.97. The number of oxime groups is 1. The molecular weight excluding hydrogens is 443 g/mol. The fourth-order valence-electron chi connectivity index (χ4n) is 3.91. The van der Waals surface area contributed by atoms with Crippen molar-refractivity contribution in [3.05, 3.63) is 60.4 Å². The van der Waals surface area contributed by atoms with Gasteiger partial charge in [-0.3, -0.25) is 9.88 Å². The lowest BCUT2D eigenvalue weighted by Gasteiger charge is -2.14. The molecule has 1 saturated heterocycles. The molecule has 1 aromatic carbocycles. The fourth-order valence-corrected chi connectivity index (χ4v) is 3.91. The molecule has 0 spiro atoms. The van der Waals surface area contributed by atoms with Gasteiger partial charge in [0, 0.05) is 36.5 Å². The van der Waals surface area contributed by atoms with E-state index in [4.69, 9.17) is 14.3 Å². The molecule has 0 radical (unpaired) electrons. The van der Waals surface area contributed by atoms with E-state index >= 15 is 4.39 Å². The largest absolute Gasteiger partial charge is 0.442 e. The number of ether oxygens (including phenoxy) is 2. The van der Waals surface area contributed by atoms with Crippen LogP contribution in [0, 0.1) is 5.82 Å². The van der Waals surface area contributed by atoms with Gasteiger partial charge in [0.25, 0.3) is 0 Å². The van der Waals surface area contributed by atoms with Gasteiger partial charge in [-0.05, 0) is 31.2 Å². The molecule has 4 heterocycles. The molecule has 2 aliphatic rings. The minimum atomic E-state index is -0.523. The van der Waals surface area contributed by atoms with Crippen LogP contribution in [0.2, 0.25) is 0 Å². The number of anilines is 1. The van der Waals surface area contributed by atoms with E-state index in [0.29, 0.717) is 55.2 Å². The topological polar surface area (TPSA) is 104 Å². The number of carbonyl (C=O) groups is 1.